The molecule has 0 aromatic carbocycles. The molecule has 48 heavy (non-hydrogen) atoms. The Labute approximate surface area is 251 Å². The number of aliphatic hydroxyl groups excluding tert-OH is 1. The molecule has 0 bridgehead atoms. The van der Waals surface area contributed by atoms with Gasteiger partial charge in [-0.3, -0.25) is 9.11 Å². The molecule has 0 heterocycles. The number of hydrogen-bond acceptors (Lipinski definition) is 6. The van der Waals surface area contributed by atoms with Crippen molar-refractivity contribution in [2.45, 2.75) is 85.8 Å². The van der Waals surface area contributed by atoms with Gasteiger partial charge in [0.25, 0.3) is 20.2 Å². The zero-order valence-corrected chi connectivity index (χ0v) is 23.6. The molecule has 0 aromatic rings. The van der Waals surface area contributed by atoms with Crippen molar-refractivity contribution < 1.29 is 133 Å². The third-order valence-electron chi connectivity index (χ3n) is 4.69. The molecule has 0 aliphatic carbocycles. The van der Waals surface area contributed by atoms with Crippen LogP contribution in [0.1, 0.15) is 19.8 Å². The number of halogens is 22. The molecule has 0 aliphatic rings. The summed E-state index contributed by atoms with van der Waals surface area (Å²) in [5.41, 5.74) is -15.3. The third kappa shape index (κ3) is 11.6. The second-order valence-electron chi connectivity index (χ2n) is 8.57. The van der Waals surface area contributed by atoms with Gasteiger partial charge in [-0.25, -0.2) is 8.78 Å². The summed E-state index contributed by atoms with van der Waals surface area (Å²) in [6, 6.07) is 0. The number of rotatable bonds is 10. The van der Waals surface area contributed by atoms with Gasteiger partial charge in [-0.05, 0) is 6.92 Å². The second-order valence-corrected chi connectivity index (χ2v) is 11.7. The van der Waals surface area contributed by atoms with Crippen molar-refractivity contribution in [1.82, 2.24) is 0 Å². The van der Waals surface area contributed by atoms with E-state index in [1.165, 1.54) is 6.92 Å². The quantitative estimate of drug-likeness (QED) is 0.118. The molecule has 0 rings (SSSR count). The van der Waals surface area contributed by atoms with Crippen molar-refractivity contribution in [1.29, 1.82) is 0 Å². The Balaban J connectivity index is -0.000000758. The van der Waals surface area contributed by atoms with Crippen LogP contribution in [0.3, 0.4) is 0 Å². The molecular formula is C16H16F22O8S2. The highest BCUT2D eigenvalue weighted by molar-refractivity contribution is 7.86. The van der Waals surface area contributed by atoms with Crippen molar-refractivity contribution >= 4 is 20.2 Å². The minimum absolute atomic E-state index is 1.17. The topological polar surface area (TPSA) is 149 Å². The van der Waals surface area contributed by atoms with Gasteiger partial charge in [-0.15, -0.1) is 0 Å². The molecule has 294 valence electrons. The van der Waals surface area contributed by atoms with Gasteiger partial charge in [-0.2, -0.15) is 105 Å². The molecule has 4 N–H and O–H groups in total. The summed E-state index contributed by atoms with van der Waals surface area (Å²) in [4.78, 5) is 0. The minimum atomic E-state index is -7.63. The van der Waals surface area contributed by atoms with E-state index in [1.807, 2.05) is 0 Å². The highest BCUT2D eigenvalue weighted by atomic mass is 32.2. The lowest BCUT2D eigenvalue weighted by atomic mass is 9.89. The summed E-state index contributed by atoms with van der Waals surface area (Å²) in [6.07, 6.45) is -36.8. The average Bonchev–Trinajstić information content (AvgIpc) is 2.76. The molecule has 0 aliphatic heterocycles. The van der Waals surface area contributed by atoms with Gasteiger partial charge in [0.05, 0.1) is 11.5 Å². The molecule has 32 heteroatoms. The molecule has 0 fully saturated rings. The Morgan fingerprint density at radius 1 is 0.438 bits per heavy atom. The minimum Gasteiger partial charge on any atom is -0.368 e. The van der Waals surface area contributed by atoms with E-state index in [1.54, 1.807) is 0 Å². The van der Waals surface area contributed by atoms with Gasteiger partial charge in [-0.1, -0.05) is 0 Å². The first kappa shape index (κ1) is 50.6. The lowest BCUT2D eigenvalue weighted by Gasteiger charge is -2.39. The van der Waals surface area contributed by atoms with Gasteiger partial charge in [0.1, 0.15) is 6.29 Å². The smallest absolute Gasteiger partial charge is 0.368 e. The molecular weight excluding hydrogens is 802 g/mol. The predicted molar refractivity (Wildman–Crippen MR) is 108 cm³/mol. The van der Waals surface area contributed by atoms with Crippen molar-refractivity contribution in [3.8, 4) is 0 Å². The highest BCUT2D eigenvalue weighted by Gasteiger charge is 2.91. The monoisotopic (exact) mass is 818 g/mol. The van der Waals surface area contributed by atoms with E-state index in [4.69, 9.17) is 19.3 Å². The SMILES string of the molecule is CC(O)O.O=S(=O)(O)CCC(F)(F)C(F)(F)C(F)(C(F)(F)F)C(F)(F)F.O=S(=O)(O)CCC(F)(F)C(F)(F)C(F)(C(F)(F)F)C(F)(F)F. The van der Waals surface area contributed by atoms with Crippen LogP contribution in [0, 0.1) is 0 Å². The second kappa shape index (κ2) is 14.8. The van der Waals surface area contributed by atoms with Gasteiger partial charge in [0.2, 0.25) is 0 Å². The van der Waals surface area contributed by atoms with Crippen LogP contribution in [0.4, 0.5) is 96.6 Å². The van der Waals surface area contributed by atoms with Crippen LogP contribution in [-0.2, 0) is 20.2 Å². The Morgan fingerprint density at radius 2 is 0.583 bits per heavy atom. The maximum atomic E-state index is 13.0. The molecule has 0 saturated carbocycles. The van der Waals surface area contributed by atoms with Crippen molar-refractivity contribution in [2.75, 3.05) is 11.5 Å². The summed E-state index contributed by atoms with van der Waals surface area (Å²) in [5.74, 6) is -32.2. The Morgan fingerprint density at radius 3 is 0.688 bits per heavy atom. The number of alkyl halides is 22. The van der Waals surface area contributed by atoms with E-state index >= 15 is 0 Å². The summed E-state index contributed by atoms with van der Waals surface area (Å²) in [5, 5.41) is 15.2. The molecule has 0 amide bonds. The summed E-state index contributed by atoms with van der Waals surface area (Å²) < 4.78 is 330. The van der Waals surface area contributed by atoms with E-state index in [9.17, 15) is 113 Å². The lowest BCUT2D eigenvalue weighted by molar-refractivity contribution is -0.427. The van der Waals surface area contributed by atoms with E-state index in [0.717, 1.165) is 0 Å². The van der Waals surface area contributed by atoms with Gasteiger partial charge in [0, 0.05) is 12.8 Å². The Hall–Kier alpha value is -1.80. The zero-order chi connectivity index (χ0) is 40.4. The molecule has 0 radical (unpaired) electrons. The highest BCUT2D eigenvalue weighted by Crippen LogP contribution is 2.61. The van der Waals surface area contributed by atoms with Crippen LogP contribution in [0.5, 0.6) is 0 Å². The Kier molecular flexibility index (Phi) is 15.6. The number of hydrogen-bond donors (Lipinski definition) is 4. The molecule has 0 unspecified atom stereocenters. The molecule has 8 nitrogen and oxygen atoms in total. The van der Waals surface area contributed by atoms with Crippen LogP contribution in [0.25, 0.3) is 0 Å². The fourth-order valence-corrected chi connectivity index (χ4v) is 3.39. The maximum Gasteiger partial charge on any atom is 0.438 e. The van der Waals surface area contributed by atoms with E-state index in [-0.39, 0.29) is 0 Å². The van der Waals surface area contributed by atoms with E-state index < -0.39 is 111 Å². The van der Waals surface area contributed by atoms with Crippen LogP contribution >= 0.6 is 0 Å². The van der Waals surface area contributed by atoms with E-state index in [0.29, 0.717) is 0 Å². The fourth-order valence-electron chi connectivity index (χ4n) is 2.37. The lowest BCUT2D eigenvalue weighted by Crippen LogP contribution is -2.70. The van der Waals surface area contributed by atoms with Crippen molar-refractivity contribution in [3.63, 3.8) is 0 Å². The first-order chi connectivity index (χ1) is 20.1. The fraction of sp³-hybridized carbons (Fsp3) is 1.00. The van der Waals surface area contributed by atoms with Crippen LogP contribution < -0.4 is 0 Å². The summed E-state index contributed by atoms with van der Waals surface area (Å²) >= 11 is 0. The van der Waals surface area contributed by atoms with Crippen molar-refractivity contribution in [2.24, 2.45) is 0 Å². The first-order valence-corrected chi connectivity index (χ1v) is 13.8. The maximum absolute atomic E-state index is 13.0. The molecule has 0 spiro atoms. The largest absolute Gasteiger partial charge is 0.438 e. The number of aliphatic hydroxyl groups is 2. The van der Waals surface area contributed by atoms with Crippen LogP contribution in [0.2, 0.25) is 0 Å². The molecule has 0 aromatic heterocycles. The zero-order valence-electron chi connectivity index (χ0n) is 22.0. The standard InChI is InChI=1S/2C7H5F11O3S.C2H6O2/c2*8-3(9,1-2-22(19,20)21)5(11,12)4(10,6(13,14)15)7(16,17)18;1-2(3)4/h2*1-2H2,(H,19,20,21);2-4H,1H3. The van der Waals surface area contributed by atoms with Gasteiger partial charge < -0.3 is 10.2 Å². The third-order valence-corrected chi connectivity index (χ3v) is 6.13. The Bertz CT molecular complexity index is 1120. The normalized spacial score (nSPS) is 15.4. The molecule has 0 saturated heterocycles. The van der Waals surface area contributed by atoms with Gasteiger partial charge >= 0.3 is 59.7 Å². The van der Waals surface area contributed by atoms with Crippen LogP contribution in [0.15, 0.2) is 0 Å². The first-order valence-electron chi connectivity index (χ1n) is 10.6. The van der Waals surface area contributed by atoms with Gasteiger partial charge in [0.15, 0.2) is 0 Å². The average molecular weight is 818 g/mol. The summed E-state index contributed by atoms with van der Waals surface area (Å²) in [6.45, 7) is 1.28. The molecule has 0 atom stereocenters. The van der Waals surface area contributed by atoms with E-state index in [2.05, 4.69) is 0 Å². The summed E-state index contributed by atoms with van der Waals surface area (Å²) in [7, 11) is -10.9. The van der Waals surface area contributed by atoms with Crippen molar-refractivity contribution in [3.05, 3.63) is 0 Å². The predicted octanol–water partition coefficient (Wildman–Crippen LogP) is 6.05. The van der Waals surface area contributed by atoms with Crippen LogP contribution in [-0.4, -0.2) is 114 Å².